The zero-order valence-electron chi connectivity index (χ0n) is 7.87. The van der Waals surface area contributed by atoms with Gasteiger partial charge in [-0.05, 0) is 43.3 Å². The summed E-state index contributed by atoms with van der Waals surface area (Å²) in [6, 6.07) is 0.392. The van der Waals surface area contributed by atoms with Gasteiger partial charge in [0.05, 0.1) is 0 Å². The smallest absolute Gasteiger partial charge is 0.00767 e. The van der Waals surface area contributed by atoms with Crippen LogP contribution in [0.25, 0.3) is 0 Å². The summed E-state index contributed by atoms with van der Waals surface area (Å²) in [6.45, 7) is 0. The van der Waals surface area contributed by atoms with Gasteiger partial charge in [-0.3, -0.25) is 0 Å². The van der Waals surface area contributed by atoms with E-state index in [-0.39, 0.29) is 0 Å². The van der Waals surface area contributed by atoms with E-state index in [4.69, 9.17) is 5.73 Å². The highest BCUT2D eigenvalue weighted by atomic mass is 14.6. The standard InChI is InChI=1S/C12H16N/c13-12-8-6-11(7-9-12)10-4-2-1-3-5-10/h1-2,4-6,12H,3,7-9,13H2. The summed E-state index contributed by atoms with van der Waals surface area (Å²) in [5.74, 6) is 0. The van der Waals surface area contributed by atoms with Gasteiger partial charge in [0.25, 0.3) is 0 Å². The van der Waals surface area contributed by atoms with E-state index in [1.54, 1.807) is 0 Å². The molecule has 0 fully saturated rings. The molecule has 0 saturated heterocycles. The van der Waals surface area contributed by atoms with Crippen LogP contribution in [0.4, 0.5) is 0 Å². The van der Waals surface area contributed by atoms with Crippen molar-refractivity contribution in [3.8, 4) is 0 Å². The van der Waals surface area contributed by atoms with Crippen molar-refractivity contribution in [1.29, 1.82) is 0 Å². The Morgan fingerprint density at radius 1 is 1.38 bits per heavy atom. The van der Waals surface area contributed by atoms with Crippen LogP contribution in [0, 0.1) is 6.42 Å². The van der Waals surface area contributed by atoms with Gasteiger partial charge in [-0.1, -0.05) is 24.3 Å². The Morgan fingerprint density at radius 2 is 2.31 bits per heavy atom. The summed E-state index contributed by atoms with van der Waals surface area (Å²) < 4.78 is 0. The first-order valence-electron chi connectivity index (χ1n) is 5.01. The van der Waals surface area contributed by atoms with Crippen LogP contribution < -0.4 is 5.73 Å². The molecule has 2 rings (SSSR count). The Bertz CT molecular complexity index is 271. The van der Waals surface area contributed by atoms with Crippen LogP contribution in [-0.4, -0.2) is 6.04 Å². The zero-order chi connectivity index (χ0) is 9.10. The highest BCUT2D eigenvalue weighted by molar-refractivity contribution is 5.43. The Labute approximate surface area is 80.0 Å². The van der Waals surface area contributed by atoms with Gasteiger partial charge in [-0.15, -0.1) is 0 Å². The molecule has 1 nitrogen and oxygen atoms in total. The molecule has 0 aromatic carbocycles. The summed E-state index contributed by atoms with van der Waals surface area (Å²) in [5, 5.41) is 0. The van der Waals surface area contributed by atoms with Crippen LogP contribution in [-0.2, 0) is 0 Å². The predicted octanol–water partition coefficient (Wildman–Crippen LogP) is 2.51. The number of rotatable bonds is 1. The largest absolute Gasteiger partial charge is 0.327 e. The predicted molar refractivity (Wildman–Crippen MR) is 56.0 cm³/mol. The first kappa shape index (κ1) is 8.76. The van der Waals surface area contributed by atoms with E-state index < -0.39 is 0 Å². The van der Waals surface area contributed by atoms with Crippen molar-refractivity contribution >= 4 is 0 Å². The molecule has 1 heteroatoms. The van der Waals surface area contributed by atoms with Gasteiger partial charge < -0.3 is 5.73 Å². The lowest BCUT2D eigenvalue weighted by Gasteiger charge is -2.20. The fourth-order valence-corrected chi connectivity index (χ4v) is 1.87. The summed E-state index contributed by atoms with van der Waals surface area (Å²) in [5.41, 5.74) is 8.74. The molecule has 0 aromatic heterocycles. The lowest BCUT2D eigenvalue weighted by Crippen LogP contribution is -2.22. The molecule has 0 saturated carbocycles. The van der Waals surface area contributed by atoms with Crippen molar-refractivity contribution in [1.82, 2.24) is 0 Å². The van der Waals surface area contributed by atoms with Crippen molar-refractivity contribution < 1.29 is 0 Å². The first-order chi connectivity index (χ1) is 6.36. The Balaban J connectivity index is 2.08. The molecule has 0 heterocycles. The van der Waals surface area contributed by atoms with E-state index in [1.165, 1.54) is 11.1 Å². The Morgan fingerprint density at radius 3 is 2.92 bits per heavy atom. The van der Waals surface area contributed by atoms with Crippen LogP contribution in [0.1, 0.15) is 25.7 Å². The number of hydrogen-bond acceptors (Lipinski definition) is 1. The van der Waals surface area contributed by atoms with Crippen molar-refractivity contribution in [2.24, 2.45) is 5.73 Å². The summed E-state index contributed by atoms with van der Waals surface area (Å²) in [6.07, 6.45) is 15.5. The molecule has 1 atom stereocenters. The lowest BCUT2D eigenvalue weighted by atomic mass is 9.87. The van der Waals surface area contributed by atoms with Gasteiger partial charge in [-0.25, -0.2) is 0 Å². The fraction of sp³-hybridized carbons (Fsp3) is 0.417. The minimum atomic E-state index is 0.392. The van der Waals surface area contributed by atoms with Gasteiger partial charge >= 0.3 is 0 Å². The zero-order valence-corrected chi connectivity index (χ0v) is 7.87. The molecule has 0 amide bonds. The molecule has 0 aliphatic heterocycles. The normalized spacial score (nSPS) is 28.2. The van der Waals surface area contributed by atoms with Crippen molar-refractivity contribution in [3.63, 3.8) is 0 Å². The van der Waals surface area contributed by atoms with Gasteiger partial charge in [0.15, 0.2) is 0 Å². The second-order valence-corrected chi connectivity index (χ2v) is 3.75. The van der Waals surface area contributed by atoms with E-state index in [0.717, 1.165) is 25.7 Å². The Kier molecular flexibility index (Phi) is 2.65. The molecule has 2 aliphatic rings. The molecule has 13 heavy (non-hydrogen) atoms. The fourth-order valence-electron chi connectivity index (χ4n) is 1.87. The second-order valence-electron chi connectivity index (χ2n) is 3.75. The molecule has 2 aliphatic carbocycles. The lowest BCUT2D eigenvalue weighted by molar-refractivity contribution is 0.593. The van der Waals surface area contributed by atoms with Crippen LogP contribution in [0.2, 0.25) is 0 Å². The molecule has 0 bridgehead atoms. The van der Waals surface area contributed by atoms with Gasteiger partial charge in [0, 0.05) is 6.04 Å². The molecule has 1 unspecified atom stereocenters. The maximum absolute atomic E-state index is 5.84. The third kappa shape index (κ3) is 2.10. The summed E-state index contributed by atoms with van der Waals surface area (Å²) in [7, 11) is 0. The van der Waals surface area contributed by atoms with Crippen LogP contribution in [0.3, 0.4) is 0 Å². The van der Waals surface area contributed by atoms with Crippen LogP contribution in [0.5, 0.6) is 0 Å². The average molecular weight is 174 g/mol. The Hall–Kier alpha value is -0.820. The minimum absolute atomic E-state index is 0.392. The topological polar surface area (TPSA) is 26.0 Å². The molecular weight excluding hydrogens is 158 g/mol. The number of hydrogen-bond donors (Lipinski definition) is 1. The average Bonchev–Trinajstić information content (AvgIpc) is 2.20. The van der Waals surface area contributed by atoms with Gasteiger partial charge in [0.2, 0.25) is 0 Å². The SMILES string of the molecule is NC1CC=C(C2=CC=CC[CH]2)CC1. The first-order valence-corrected chi connectivity index (χ1v) is 5.01. The van der Waals surface area contributed by atoms with Crippen LogP contribution >= 0.6 is 0 Å². The molecule has 69 valence electrons. The van der Waals surface area contributed by atoms with E-state index >= 15 is 0 Å². The highest BCUT2D eigenvalue weighted by Crippen LogP contribution is 2.27. The maximum Gasteiger partial charge on any atom is 0.00767 e. The van der Waals surface area contributed by atoms with Crippen LogP contribution in [0.15, 0.2) is 35.5 Å². The van der Waals surface area contributed by atoms with E-state index in [2.05, 4.69) is 30.7 Å². The molecule has 2 N–H and O–H groups in total. The van der Waals surface area contributed by atoms with Crippen molar-refractivity contribution in [3.05, 3.63) is 41.9 Å². The second kappa shape index (κ2) is 3.93. The molecule has 0 spiro atoms. The van der Waals surface area contributed by atoms with Gasteiger partial charge in [0.1, 0.15) is 0 Å². The third-order valence-electron chi connectivity index (χ3n) is 2.71. The van der Waals surface area contributed by atoms with E-state index in [1.807, 2.05) is 0 Å². The highest BCUT2D eigenvalue weighted by Gasteiger charge is 2.13. The number of allylic oxidation sites excluding steroid dienone is 5. The molecule has 0 aromatic rings. The maximum atomic E-state index is 5.84. The third-order valence-corrected chi connectivity index (χ3v) is 2.71. The monoisotopic (exact) mass is 174 g/mol. The van der Waals surface area contributed by atoms with Crippen molar-refractivity contribution in [2.45, 2.75) is 31.7 Å². The van der Waals surface area contributed by atoms with Gasteiger partial charge in [-0.2, -0.15) is 0 Å². The summed E-state index contributed by atoms with van der Waals surface area (Å²) in [4.78, 5) is 0. The van der Waals surface area contributed by atoms with E-state index in [9.17, 15) is 0 Å². The number of nitrogens with two attached hydrogens (primary N) is 1. The quantitative estimate of drug-likeness (QED) is 0.649. The van der Waals surface area contributed by atoms with E-state index in [0.29, 0.717) is 6.04 Å². The minimum Gasteiger partial charge on any atom is -0.327 e. The molecular formula is C12H16N. The summed E-state index contributed by atoms with van der Waals surface area (Å²) >= 11 is 0. The van der Waals surface area contributed by atoms with Crippen molar-refractivity contribution in [2.75, 3.05) is 0 Å². The molecule has 1 radical (unpaired) electrons.